The van der Waals surface area contributed by atoms with Crippen molar-refractivity contribution in [1.29, 1.82) is 0 Å². The lowest BCUT2D eigenvalue weighted by molar-refractivity contribution is -0.116. The van der Waals surface area contributed by atoms with E-state index in [9.17, 15) is 9.59 Å². The molecule has 0 radical (unpaired) electrons. The van der Waals surface area contributed by atoms with Crippen molar-refractivity contribution in [2.24, 2.45) is 0 Å². The molecule has 0 aliphatic rings. The summed E-state index contributed by atoms with van der Waals surface area (Å²) in [6.45, 7) is 10.0. The number of amides is 2. The van der Waals surface area contributed by atoms with Gasteiger partial charge in [-0.05, 0) is 56.7 Å². The number of aromatic nitrogens is 2. The molecule has 0 saturated carbocycles. The molecule has 2 aromatic carbocycles. The minimum absolute atomic E-state index is 0.233. The van der Waals surface area contributed by atoms with Gasteiger partial charge in [0.2, 0.25) is 11.9 Å². The highest BCUT2D eigenvalue weighted by atomic mass is 16.2. The van der Waals surface area contributed by atoms with E-state index in [0.717, 1.165) is 16.6 Å². The Kier molecular flexibility index (Phi) is 5.31. The number of fused-ring (bicyclic) bond motifs is 1. The molecule has 3 aromatic rings. The number of nitrogens with zero attached hydrogens (tertiary/aromatic N) is 2. The molecular formula is C22H24N4O2. The van der Waals surface area contributed by atoms with E-state index in [1.165, 1.54) is 6.08 Å². The summed E-state index contributed by atoms with van der Waals surface area (Å²) in [4.78, 5) is 28.6. The highest BCUT2D eigenvalue weighted by Crippen LogP contribution is 2.28. The van der Waals surface area contributed by atoms with Crippen LogP contribution in [0, 0.1) is 0 Å². The third-order valence-corrected chi connectivity index (χ3v) is 4.33. The number of rotatable bonds is 5. The second-order valence-corrected chi connectivity index (χ2v) is 7.50. The summed E-state index contributed by atoms with van der Waals surface area (Å²) in [5.74, 6) is 0.0476. The first kappa shape index (κ1) is 19.4. The van der Waals surface area contributed by atoms with Gasteiger partial charge in [0.25, 0.3) is 5.91 Å². The van der Waals surface area contributed by atoms with Crippen LogP contribution in [-0.4, -0.2) is 21.4 Å². The van der Waals surface area contributed by atoms with Crippen LogP contribution >= 0.6 is 0 Å². The Morgan fingerprint density at radius 2 is 1.79 bits per heavy atom. The fraction of sp³-hybridized carbons (Fsp3) is 0.227. The second kappa shape index (κ2) is 7.68. The lowest BCUT2D eigenvalue weighted by Crippen LogP contribution is -2.26. The van der Waals surface area contributed by atoms with Crippen LogP contribution in [0.4, 0.5) is 5.95 Å². The Bertz CT molecular complexity index is 1030. The third kappa shape index (κ3) is 4.11. The van der Waals surface area contributed by atoms with Gasteiger partial charge in [-0.25, -0.2) is 4.98 Å². The van der Waals surface area contributed by atoms with Gasteiger partial charge in [0, 0.05) is 17.6 Å². The van der Waals surface area contributed by atoms with Crippen molar-refractivity contribution in [3.8, 4) is 0 Å². The van der Waals surface area contributed by atoms with Crippen LogP contribution in [0.2, 0.25) is 0 Å². The Morgan fingerprint density at radius 1 is 1.11 bits per heavy atom. The topological polar surface area (TPSA) is 76.0 Å². The standard InChI is InChI=1S/C22H24N4O2/c1-5-19(27)23-14-15-10-12-16(13-11-15)20(28)25-21-24-17-8-6-7-9-18(17)26(21)22(2,3)4/h5-13H,1,14H2,2-4H3,(H,23,27)(H,24,25,28). The molecule has 28 heavy (non-hydrogen) atoms. The molecule has 0 atom stereocenters. The van der Waals surface area contributed by atoms with Gasteiger partial charge in [0.15, 0.2) is 0 Å². The number of carbonyl (C=O) groups excluding carboxylic acids is 2. The van der Waals surface area contributed by atoms with Gasteiger partial charge in [0.05, 0.1) is 11.0 Å². The molecule has 2 amide bonds. The predicted octanol–water partition coefficient (Wildman–Crippen LogP) is 3.85. The monoisotopic (exact) mass is 376 g/mol. The maximum atomic E-state index is 12.7. The maximum Gasteiger partial charge on any atom is 0.257 e. The van der Waals surface area contributed by atoms with Crippen molar-refractivity contribution in [2.45, 2.75) is 32.9 Å². The molecule has 144 valence electrons. The Labute approximate surface area is 164 Å². The number of hydrogen-bond donors (Lipinski definition) is 2. The maximum absolute atomic E-state index is 12.7. The first-order chi connectivity index (χ1) is 13.3. The van der Waals surface area contributed by atoms with Gasteiger partial charge in [-0.3, -0.25) is 14.9 Å². The summed E-state index contributed by atoms with van der Waals surface area (Å²) in [5, 5.41) is 5.64. The van der Waals surface area contributed by atoms with Crippen molar-refractivity contribution in [2.75, 3.05) is 5.32 Å². The molecule has 0 aliphatic heterocycles. The van der Waals surface area contributed by atoms with Gasteiger partial charge in [-0.15, -0.1) is 0 Å². The summed E-state index contributed by atoms with van der Waals surface area (Å²) in [7, 11) is 0. The molecule has 1 aromatic heterocycles. The zero-order valence-corrected chi connectivity index (χ0v) is 16.3. The van der Waals surface area contributed by atoms with Crippen molar-refractivity contribution in [3.63, 3.8) is 0 Å². The number of imidazole rings is 1. The number of carbonyl (C=O) groups is 2. The van der Waals surface area contributed by atoms with Crippen molar-refractivity contribution >= 4 is 28.8 Å². The molecule has 0 bridgehead atoms. The normalized spacial score (nSPS) is 11.2. The lowest BCUT2D eigenvalue weighted by atomic mass is 10.1. The van der Waals surface area contributed by atoms with Crippen LogP contribution in [0.5, 0.6) is 0 Å². The Balaban J connectivity index is 1.81. The van der Waals surface area contributed by atoms with E-state index >= 15 is 0 Å². The van der Waals surface area contributed by atoms with Gasteiger partial charge in [-0.2, -0.15) is 0 Å². The highest BCUT2D eigenvalue weighted by molar-refractivity contribution is 6.04. The largest absolute Gasteiger partial charge is 0.348 e. The predicted molar refractivity (Wildman–Crippen MR) is 111 cm³/mol. The second-order valence-electron chi connectivity index (χ2n) is 7.50. The van der Waals surface area contributed by atoms with E-state index in [1.807, 2.05) is 41.0 Å². The zero-order valence-electron chi connectivity index (χ0n) is 16.3. The Hall–Kier alpha value is -3.41. The van der Waals surface area contributed by atoms with E-state index in [4.69, 9.17) is 0 Å². The summed E-state index contributed by atoms with van der Waals surface area (Å²) in [6.07, 6.45) is 1.23. The summed E-state index contributed by atoms with van der Waals surface area (Å²) >= 11 is 0. The molecular weight excluding hydrogens is 352 g/mol. The van der Waals surface area contributed by atoms with E-state index < -0.39 is 0 Å². The number of benzene rings is 2. The van der Waals surface area contributed by atoms with Crippen LogP contribution in [0.15, 0.2) is 61.2 Å². The Morgan fingerprint density at radius 3 is 2.43 bits per heavy atom. The average molecular weight is 376 g/mol. The van der Waals surface area contributed by atoms with Crippen LogP contribution in [-0.2, 0) is 16.9 Å². The molecule has 6 heteroatoms. The molecule has 2 N–H and O–H groups in total. The molecule has 3 rings (SSSR count). The van der Waals surface area contributed by atoms with Crippen LogP contribution in [0.1, 0.15) is 36.7 Å². The van der Waals surface area contributed by atoms with Crippen molar-refractivity contribution < 1.29 is 9.59 Å². The van der Waals surface area contributed by atoms with Crippen molar-refractivity contribution in [3.05, 3.63) is 72.3 Å². The fourth-order valence-corrected chi connectivity index (χ4v) is 3.00. The van der Waals surface area contributed by atoms with Gasteiger partial charge < -0.3 is 9.88 Å². The molecule has 0 aliphatic carbocycles. The third-order valence-electron chi connectivity index (χ3n) is 4.33. The van der Waals surface area contributed by atoms with Crippen molar-refractivity contribution in [1.82, 2.24) is 14.9 Å². The first-order valence-electron chi connectivity index (χ1n) is 9.08. The van der Waals surface area contributed by atoms with E-state index in [0.29, 0.717) is 18.1 Å². The molecule has 6 nitrogen and oxygen atoms in total. The minimum atomic E-state index is -0.244. The fourth-order valence-electron chi connectivity index (χ4n) is 3.00. The van der Waals surface area contributed by atoms with E-state index in [1.54, 1.807) is 12.1 Å². The SMILES string of the molecule is C=CC(=O)NCc1ccc(C(=O)Nc2nc3ccccc3n2C(C)(C)C)cc1. The highest BCUT2D eigenvalue weighted by Gasteiger charge is 2.22. The number of hydrogen-bond acceptors (Lipinski definition) is 3. The molecule has 1 heterocycles. The van der Waals surface area contributed by atoms with E-state index in [-0.39, 0.29) is 17.4 Å². The van der Waals surface area contributed by atoms with Gasteiger partial charge >= 0.3 is 0 Å². The van der Waals surface area contributed by atoms with Gasteiger partial charge in [-0.1, -0.05) is 30.8 Å². The zero-order chi connectivity index (χ0) is 20.3. The van der Waals surface area contributed by atoms with Gasteiger partial charge in [0.1, 0.15) is 0 Å². The number of anilines is 1. The van der Waals surface area contributed by atoms with E-state index in [2.05, 4.69) is 43.0 Å². The number of para-hydroxylation sites is 2. The lowest BCUT2D eigenvalue weighted by Gasteiger charge is -2.24. The smallest absolute Gasteiger partial charge is 0.257 e. The molecule has 0 spiro atoms. The summed E-state index contributed by atoms with van der Waals surface area (Å²) < 4.78 is 2.03. The first-order valence-corrected chi connectivity index (χ1v) is 9.08. The molecule has 0 unspecified atom stereocenters. The quantitative estimate of drug-likeness (QED) is 0.664. The average Bonchev–Trinajstić information content (AvgIpc) is 3.04. The number of nitrogens with one attached hydrogen (secondary N) is 2. The molecule has 0 saturated heterocycles. The summed E-state index contributed by atoms with van der Waals surface area (Å²) in [5.41, 5.74) is 2.98. The summed E-state index contributed by atoms with van der Waals surface area (Å²) in [6, 6.07) is 14.9. The molecule has 0 fully saturated rings. The van der Waals surface area contributed by atoms with Crippen LogP contribution in [0.25, 0.3) is 11.0 Å². The van der Waals surface area contributed by atoms with Crippen LogP contribution < -0.4 is 10.6 Å². The van der Waals surface area contributed by atoms with Crippen LogP contribution in [0.3, 0.4) is 0 Å². The minimum Gasteiger partial charge on any atom is -0.348 e.